The van der Waals surface area contributed by atoms with Gasteiger partial charge in [-0.3, -0.25) is 0 Å². The van der Waals surface area contributed by atoms with Gasteiger partial charge in [0.25, 0.3) is 0 Å². The molecule has 0 aliphatic heterocycles. The van der Waals surface area contributed by atoms with Gasteiger partial charge in [-0.1, -0.05) is 60.4 Å². The Hall–Kier alpha value is 0.390. The molecule has 0 heterocycles. The molecule has 2 nitrogen and oxygen atoms in total. The second-order valence-corrected chi connectivity index (χ2v) is 5.25. The number of halogens is 1. The molecule has 0 aromatic heterocycles. The van der Waals surface area contributed by atoms with Crippen molar-refractivity contribution >= 4 is 22.6 Å². The number of methoxy groups -OCH3 is 1. The number of alkyl halides is 1. The average Bonchev–Trinajstić information content (AvgIpc) is 2.35. The standard InChI is InChI=1S/C14H27IO2/c1-16-14-17-13-11-9-7-5-3-2-4-6-8-10-12-15/h7,9H,2-6,8,10-14H2,1H3. The Labute approximate surface area is 120 Å². The van der Waals surface area contributed by atoms with E-state index in [1.807, 2.05) is 0 Å². The topological polar surface area (TPSA) is 18.5 Å². The Balaban J connectivity index is 2.99. The van der Waals surface area contributed by atoms with Gasteiger partial charge < -0.3 is 9.47 Å². The van der Waals surface area contributed by atoms with Crippen molar-refractivity contribution in [1.29, 1.82) is 0 Å². The van der Waals surface area contributed by atoms with Crippen LogP contribution in [0.15, 0.2) is 12.2 Å². The predicted octanol–water partition coefficient (Wildman–Crippen LogP) is 4.72. The average molecular weight is 354 g/mol. The molecule has 0 bridgehead atoms. The van der Waals surface area contributed by atoms with Crippen LogP contribution in [0.5, 0.6) is 0 Å². The van der Waals surface area contributed by atoms with Crippen LogP contribution >= 0.6 is 22.6 Å². The lowest BCUT2D eigenvalue weighted by Crippen LogP contribution is -1.96. The van der Waals surface area contributed by atoms with Crippen LogP contribution in [0.3, 0.4) is 0 Å². The Morgan fingerprint density at radius 3 is 2.24 bits per heavy atom. The minimum atomic E-state index is 0.408. The molecule has 0 saturated carbocycles. The summed E-state index contributed by atoms with van der Waals surface area (Å²) in [7, 11) is 1.65. The molecule has 0 aromatic carbocycles. The van der Waals surface area contributed by atoms with E-state index in [9.17, 15) is 0 Å². The lowest BCUT2D eigenvalue weighted by Gasteiger charge is -1.99. The number of allylic oxidation sites excluding steroid dienone is 1. The van der Waals surface area contributed by atoms with Gasteiger partial charge in [0.1, 0.15) is 6.79 Å². The summed E-state index contributed by atoms with van der Waals surface area (Å²) in [4.78, 5) is 0. The Morgan fingerprint density at radius 2 is 1.53 bits per heavy atom. The summed E-state index contributed by atoms with van der Waals surface area (Å²) in [6.07, 6.45) is 15.0. The molecule has 0 rings (SSSR count). The van der Waals surface area contributed by atoms with Crippen LogP contribution < -0.4 is 0 Å². The molecule has 0 fully saturated rings. The molecule has 0 radical (unpaired) electrons. The van der Waals surface area contributed by atoms with E-state index < -0.39 is 0 Å². The number of hydrogen-bond donors (Lipinski definition) is 0. The van der Waals surface area contributed by atoms with Crippen molar-refractivity contribution in [3.05, 3.63) is 12.2 Å². The monoisotopic (exact) mass is 354 g/mol. The van der Waals surface area contributed by atoms with Crippen molar-refractivity contribution in [1.82, 2.24) is 0 Å². The second-order valence-electron chi connectivity index (χ2n) is 4.17. The Morgan fingerprint density at radius 1 is 0.882 bits per heavy atom. The highest BCUT2D eigenvalue weighted by molar-refractivity contribution is 14.1. The molecule has 0 aliphatic carbocycles. The molecule has 102 valence electrons. The normalized spacial score (nSPS) is 11.4. The zero-order valence-corrected chi connectivity index (χ0v) is 13.3. The molecule has 3 heteroatoms. The molecule has 0 saturated heterocycles. The van der Waals surface area contributed by atoms with Crippen LogP contribution in [0.4, 0.5) is 0 Å². The number of unbranched alkanes of at least 4 members (excludes halogenated alkanes) is 6. The zero-order valence-electron chi connectivity index (χ0n) is 11.1. The molecule has 0 aliphatic rings. The summed E-state index contributed by atoms with van der Waals surface area (Å²) < 4.78 is 11.3. The van der Waals surface area contributed by atoms with Crippen molar-refractivity contribution in [2.24, 2.45) is 0 Å². The van der Waals surface area contributed by atoms with Crippen molar-refractivity contribution in [2.75, 3.05) is 24.9 Å². The maximum Gasteiger partial charge on any atom is 0.146 e. The summed E-state index contributed by atoms with van der Waals surface area (Å²) in [6, 6.07) is 0. The molecule has 0 unspecified atom stereocenters. The molecule has 0 amide bonds. The quantitative estimate of drug-likeness (QED) is 0.157. The SMILES string of the molecule is COCOCCC=CCCCCCCCCI. The van der Waals surface area contributed by atoms with Crippen LogP contribution in [0.1, 0.15) is 51.4 Å². The third-order valence-electron chi connectivity index (χ3n) is 2.55. The molecule has 0 spiro atoms. The van der Waals surface area contributed by atoms with Crippen LogP contribution in [0.25, 0.3) is 0 Å². The molecule has 17 heavy (non-hydrogen) atoms. The number of hydrogen-bond acceptors (Lipinski definition) is 2. The fourth-order valence-corrected chi connectivity index (χ4v) is 2.13. The van der Waals surface area contributed by atoms with E-state index in [0.717, 1.165) is 13.0 Å². The largest absolute Gasteiger partial charge is 0.359 e. The Kier molecular flexibility index (Phi) is 16.8. The molecular weight excluding hydrogens is 327 g/mol. The van der Waals surface area contributed by atoms with Gasteiger partial charge in [-0.2, -0.15) is 0 Å². The van der Waals surface area contributed by atoms with Crippen molar-refractivity contribution in [3.8, 4) is 0 Å². The number of rotatable bonds is 13. The first kappa shape index (κ1) is 17.4. The van der Waals surface area contributed by atoms with Gasteiger partial charge in [-0.15, -0.1) is 0 Å². The van der Waals surface area contributed by atoms with E-state index in [2.05, 4.69) is 34.7 Å². The van der Waals surface area contributed by atoms with E-state index in [1.165, 1.54) is 49.4 Å². The van der Waals surface area contributed by atoms with E-state index in [0.29, 0.717) is 6.79 Å². The first-order valence-corrected chi connectivity index (χ1v) is 8.22. The van der Waals surface area contributed by atoms with Crippen LogP contribution in [-0.2, 0) is 9.47 Å². The second kappa shape index (κ2) is 16.4. The van der Waals surface area contributed by atoms with Gasteiger partial charge in [0.2, 0.25) is 0 Å². The van der Waals surface area contributed by atoms with Crippen molar-refractivity contribution in [3.63, 3.8) is 0 Å². The minimum Gasteiger partial charge on any atom is -0.359 e. The fraction of sp³-hybridized carbons (Fsp3) is 0.857. The highest BCUT2D eigenvalue weighted by atomic mass is 127. The van der Waals surface area contributed by atoms with E-state index in [-0.39, 0.29) is 0 Å². The van der Waals surface area contributed by atoms with Crippen molar-refractivity contribution in [2.45, 2.75) is 51.4 Å². The van der Waals surface area contributed by atoms with Gasteiger partial charge in [0, 0.05) is 7.11 Å². The zero-order chi connectivity index (χ0) is 12.6. The predicted molar refractivity (Wildman–Crippen MR) is 82.8 cm³/mol. The third-order valence-corrected chi connectivity index (χ3v) is 3.31. The van der Waals surface area contributed by atoms with Gasteiger partial charge in [-0.05, 0) is 30.1 Å². The first-order valence-electron chi connectivity index (χ1n) is 6.69. The first-order chi connectivity index (χ1) is 8.41. The van der Waals surface area contributed by atoms with Gasteiger partial charge in [0.05, 0.1) is 6.61 Å². The number of ether oxygens (including phenoxy) is 2. The maximum atomic E-state index is 5.19. The maximum absolute atomic E-state index is 5.19. The smallest absolute Gasteiger partial charge is 0.146 e. The summed E-state index contributed by atoms with van der Waals surface area (Å²) in [6.45, 7) is 1.17. The van der Waals surface area contributed by atoms with E-state index >= 15 is 0 Å². The van der Waals surface area contributed by atoms with Crippen LogP contribution in [0, 0.1) is 0 Å². The molecule has 0 N–H and O–H groups in total. The van der Waals surface area contributed by atoms with Crippen LogP contribution in [0.2, 0.25) is 0 Å². The lowest BCUT2D eigenvalue weighted by molar-refractivity contribution is -0.0285. The summed E-state index contributed by atoms with van der Waals surface area (Å²) in [5.74, 6) is 0. The van der Waals surface area contributed by atoms with Crippen LogP contribution in [-0.4, -0.2) is 24.9 Å². The third kappa shape index (κ3) is 16.4. The lowest BCUT2D eigenvalue weighted by atomic mass is 10.1. The summed E-state index contributed by atoms with van der Waals surface area (Å²) in [5.41, 5.74) is 0. The minimum absolute atomic E-state index is 0.408. The highest BCUT2D eigenvalue weighted by Crippen LogP contribution is 2.08. The molecule has 0 atom stereocenters. The Bertz CT molecular complexity index is 160. The van der Waals surface area contributed by atoms with Gasteiger partial charge in [-0.25, -0.2) is 0 Å². The molecular formula is C14H27IO2. The summed E-state index contributed by atoms with van der Waals surface area (Å²) in [5, 5.41) is 0. The van der Waals surface area contributed by atoms with Crippen molar-refractivity contribution < 1.29 is 9.47 Å². The van der Waals surface area contributed by atoms with E-state index in [1.54, 1.807) is 7.11 Å². The van der Waals surface area contributed by atoms with E-state index in [4.69, 9.17) is 9.47 Å². The summed E-state index contributed by atoms with van der Waals surface area (Å²) >= 11 is 2.46. The van der Waals surface area contributed by atoms with Gasteiger partial charge in [0.15, 0.2) is 0 Å². The van der Waals surface area contributed by atoms with Gasteiger partial charge >= 0.3 is 0 Å². The molecule has 0 aromatic rings. The fourth-order valence-electron chi connectivity index (χ4n) is 1.59. The highest BCUT2D eigenvalue weighted by Gasteiger charge is 1.89.